The SMILES string of the molecule is CC1CCCCC1OCCN1CCC(C)(CN)C1. The van der Waals surface area contributed by atoms with Crippen molar-refractivity contribution in [3.8, 4) is 0 Å². The molecular formula is C15H30N2O. The minimum atomic E-state index is 0.345. The number of nitrogens with two attached hydrogens (primary N) is 1. The molecule has 1 aliphatic carbocycles. The van der Waals surface area contributed by atoms with E-state index in [9.17, 15) is 0 Å². The van der Waals surface area contributed by atoms with E-state index in [1.54, 1.807) is 0 Å². The molecule has 0 spiro atoms. The van der Waals surface area contributed by atoms with Gasteiger partial charge in [-0.15, -0.1) is 0 Å². The summed E-state index contributed by atoms with van der Waals surface area (Å²) in [5.41, 5.74) is 6.18. The zero-order valence-electron chi connectivity index (χ0n) is 12.2. The first-order valence-electron chi connectivity index (χ1n) is 7.67. The Morgan fingerprint density at radius 1 is 1.33 bits per heavy atom. The molecule has 106 valence electrons. The summed E-state index contributed by atoms with van der Waals surface area (Å²) in [6.07, 6.45) is 7.11. The molecule has 0 amide bonds. The zero-order chi connectivity index (χ0) is 13.0. The van der Waals surface area contributed by atoms with E-state index in [4.69, 9.17) is 10.5 Å². The van der Waals surface area contributed by atoms with Crippen LogP contribution in [0, 0.1) is 11.3 Å². The van der Waals surface area contributed by atoms with Gasteiger partial charge in [0.25, 0.3) is 0 Å². The molecule has 3 heteroatoms. The predicted octanol–water partition coefficient (Wildman–Crippen LogP) is 2.25. The maximum atomic E-state index is 6.09. The first-order valence-corrected chi connectivity index (χ1v) is 7.67. The van der Waals surface area contributed by atoms with Crippen LogP contribution in [0.2, 0.25) is 0 Å². The van der Waals surface area contributed by atoms with Crippen molar-refractivity contribution in [1.29, 1.82) is 0 Å². The second-order valence-corrected chi connectivity index (χ2v) is 6.71. The van der Waals surface area contributed by atoms with Crippen LogP contribution in [-0.2, 0) is 4.74 Å². The lowest BCUT2D eigenvalue weighted by atomic mass is 9.88. The second-order valence-electron chi connectivity index (χ2n) is 6.71. The third-order valence-corrected chi connectivity index (χ3v) is 4.90. The van der Waals surface area contributed by atoms with Crippen LogP contribution in [0.25, 0.3) is 0 Å². The van der Waals surface area contributed by atoms with Crippen molar-refractivity contribution in [3.63, 3.8) is 0 Å². The van der Waals surface area contributed by atoms with Gasteiger partial charge in [0.15, 0.2) is 0 Å². The summed E-state index contributed by atoms with van der Waals surface area (Å²) in [4.78, 5) is 2.51. The molecule has 18 heavy (non-hydrogen) atoms. The van der Waals surface area contributed by atoms with E-state index in [0.717, 1.165) is 32.2 Å². The number of rotatable bonds is 5. The van der Waals surface area contributed by atoms with Gasteiger partial charge in [0.2, 0.25) is 0 Å². The number of hydrogen-bond acceptors (Lipinski definition) is 3. The van der Waals surface area contributed by atoms with E-state index >= 15 is 0 Å². The van der Waals surface area contributed by atoms with Crippen molar-refractivity contribution in [2.24, 2.45) is 17.1 Å². The van der Waals surface area contributed by atoms with Gasteiger partial charge in [-0.25, -0.2) is 0 Å². The van der Waals surface area contributed by atoms with Gasteiger partial charge in [0.1, 0.15) is 0 Å². The van der Waals surface area contributed by atoms with E-state index in [1.807, 2.05) is 0 Å². The summed E-state index contributed by atoms with van der Waals surface area (Å²) < 4.78 is 6.09. The highest BCUT2D eigenvalue weighted by molar-refractivity contribution is 4.86. The van der Waals surface area contributed by atoms with Crippen molar-refractivity contribution < 1.29 is 4.74 Å². The summed E-state index contributed by atoms with van der Waals surface area (Å²) >= 11 is 0. The highest BCUT2D eigenvalue weighted by atomic mass is 16.5. The van der Waals surface area contributed by atoms with Crippen LogP contribution in [0.4, 0.5) is 0 Å². The summed E-state index contributed by atoms with van der Waals surface area (Å²) in [6, 6.07) is 0. The molecule has 2 N–H and O–H groups in total. The van der Waals surface area contributed by atoms with Crippen molar-refractivity contribution >= 4 is 0 Å². The Kier molecular flexibility index (Phi) is 5.05. The lowest BCUT2D eigenvalue weighted by molar-refractivity contribution is -0.0125. The molecule has 1 aliphatic heterocycles. The summed E-state index contributed by atoms with van der Waals surface area (Å²) in [5, 5.41) is 0. The smallest absolute Gasteiger partial charge is 0.0601 e. The standard InChI is InChI=1S/C15H30N2O/c1-13-5-3-4-6-14(13)18-10-9-17-8-7-15(2,11-16)12-17/h13-14H,3-12,16H2,1-2H3. The molecule has 3 nitrogen and oxygen atoms in total. The number of ether oxygens (including phenoxy) is 1. The Morgan fingerprint density at radius 2 is 2.11 bits per heavy atom. The van der Waals surface area contributed by atoms with Gasteiger partial charge in [-0.05, 0) is 43.7 Å². The zero-order valence-corrected chi connectivity index (χ0v) is 12.2. The molecule has 0 radical (unpaired) electrons. The lowest BCUT2D eigenvalue weighted by Crippen LogP contribution is -2.34. The molecule has 1 saturated carbocycles. The van der Waals surface area contributed by atoms with Crippen molar-refractivity contribution in [3.05, 3.63) is 0 Å². The lowest BCUT2D eigenvalue weighted by Gasteiger charge is -2.29. The Balaban J connectivity index is 1.64. The Bertz CT molecular complexity index is 259. The normalized spacial score (nSPS) is 38.2. The fourth-order valence-corrected chi connectivity index (χ4v) is 3.35. The quantitative estimate of drug-likeness (QED) is 0.818. The van der Waals surface area contributed by atoms with Crippen LogP contribution in [0.15, 0.2) is 0 Å². The minimum absolute atomic E-state index is 0.345. The molecule has 1 saturated heterocycles. The topological polar surface area (TPSA) is 38.5 Å². The maximum Gasteiger partial charge on any atom is 0.0601 e. The first-order chi connectivity index (χ1) is 8.63. The summed E-state index contributed by atoms with van der Waals surface area (Å²) in [7, 11) is 0. The van der Waals surface area contributed by atoms with Crippen LogP contribution in [0.3, 0.4) is 0 Å². The molecule has 0 aromatic heterocycles. The van der Waals surface area contributed by atoms with E-state index in [0.29, 0.717) is 11.5 Å². The molecule has 3 atom stereocenters. The summed E-state index contributed by atoms with van der Waals surface area (Å²) in [6.45, 7) is 9.77. The highest BCUT2D eigenvalue weighted by Gasteiger charge is 2.32. The van der Waals surface area contributed by atoms with Crippen LogP contribution in [0.5, 0.6) is 0 Å². The number of likely N-dealkylation sites (tertiary alicyclic amines) is 1. The molecule has 0 bridgehead atoms. The third-order valence-electron chi connectivity index (χ3n) is 4.90. The van der Waals surface area contributed by atoms with Gasteiger partial charge >= 0.3 is 0 Å². The fraction of sp³-hybridized carbons (Fsp3) is 1.00. The summed E-state index contributed by atoms with van der Waals surface area (Å²) in [5.74, 6) is 0.756. The molecule has 1 heterocycles. The monoisotopic (exact) mass is 254 g/mol. The van der Waals surface area contributed by atoms with E-state index < -0.39 is 0 Å². The minimum Gasteiger partial charge on any atom is -0.377 e. The van der Waals surface area contributed by atoms with Crippen LogP contribution in [0.1, 0.15) is 46.0 Å². The Labute approximate surface area is 112 Å². The van der Waals surface area contributed by atoms with E-state index in [2.05, 4.69) is 18.7 Å². The molecule has 0 aromatic rings. The molecule has 0 aromatic carbocycles. The first kappa shape index (κ1) is 14.3. The highest BCUT2D eigenvalue weighted by Crippen LogP contribution is 2.29. The Hall–Kier alpha value is -0.120. The van der Waals surface area contributed by atoms with Gasteiger partial charge in [0.05, 0.1) is 12.7 Å². The van der Waals surface area contributed by atoms with Gasteiger partial charge in [0, 0.05) is 13.1 Å². The molecule has 2 rings (SSSR count). The van der Waals surface area contributed by atoms with Crippen molar-refractivity contribution in [1.82, 2.24) is 4.90 Å². The van der Waals surface area contributed by atoms with Crippen LogP contribution in [-0.4, -0.2) is 43.8 Å². The Morgan fingerprint density at radius 3 is 2.78 bits per heavy atom. The maximum absolute atomic E-state index is 6.09. The largest absolute Gasteiger partial charge is 0.377 e. The number of nitrogens with zero attached hydrogens (tertiary/aromatic N) is 1. The average Bonchev–Trinajstić information content (AvgIpc) is 2.75. The van der Waals surface area contributed by atoms with Crippen LogP contribution >= 0.6 is 0 Å². The number of hydrogen-bond donors (Lipinski definition) is 1. The second kappa shape index (κ2) is 6.36. The predicted molar refractivity (Wildman–Crippen MR) is 75.6 cm³/mol. The van der Waals surface area contributed by atoms with Gasteiger partial charge in [-0.2, -0.15) is 0 Å². The molecule has 3 unspecified atom stereocenters. The average molecular weight is 254 g/mol. The molecule has 2 aliphatic rings. The van der Waals surface area contributed by atoms with Gasteiger partial charge in [-0.3, -0.25) is 0 Å². The van der Waals surface area contributed by atoms with E-state index in [-0.39, 0.29) is 0 Å². The van der Waals surface area contributed by atoms with E-state index in [1.165, 1.54) is 38.6 Å². The van der Waals surface area contributed by atoms with Crippen LogP contribution < -0.4 is 5.73 Å². The van der Waals surface area contributed by atoms with Gasteiger partial charge in [-0.1, -0.05) is 26.7 Å². The fourth-order valence-electron chi connectivity index (χ4n) is 3.35. The third kappa shape index (κ3) is 3.69. The molecular weight excluding hydrogens is 224 g/mol. The molecule has 2 fully saturated rings. The van der Waals surface area contributed by atoms with Crippen molar-refractivity contribution in [2.75, 3.05) is 32.8 Å². The van der Waals surface area contributed by atoms with Gasteiger partial charge < -0.3 is 15.4 Å². The van der Waals surface area contributed by atoms with Crippen molar-refractivity contribution in [2.45, 2.75) is 52.1 Å².